The van der Waals surface area contributed by atoms with Gasteiger partial charge in [-0.1, -0.05) is 84.8 Å². The fourth-order valence-electron chi connectivity index (χ4n) is 5.08. The number of nitrogens with one attached hydrogen (secondary N) is 1. The van der Waals surface area contributed by atoms with Crippen molar-refractivity contribution >= 4 is 39.1 Å². The molecule has 0 aliphatic carbocycles. The minimum Gasteiger partial charge on any atom is -0.493 e. The van der Waals surface area contributed by atoms with Gasteiger partial charge in [-0.05, 0) is 54.8 Å². The van der Waals surface area contributed by atoms with Crippen LogP contribution in [0.3, 0.4) is 0 Å². The Morgan fingerprint density at radius 2 is 1.53 bits per heavy atom. The molecule has 4 aromatic rings. The van der Waals surface area contributed by atoms with E-state index in [4.69, 9.17) is 21.1 Å². The molecule has 0 aliphatic rings. The van der Waals surface area contributed by atoms with Gasteiger partial charge in [0.1, 0.15) is 12.6 Å². The molecule has 0 aromatic heterocycles. The summed E-state index contributed by atoms with van der Waals surface area (Å²) < 4.78 is 40.5. The molecule has 1 atom stereocenters. The third kappa shape index (κ3) is 8.84. The lowest BCUT2D eigenvalue weighted by atomic mass is 10.0. The highest BCUT2D eigenvalue weighted by Crippen LogP contribution is 2.34. The zero-order chi connectivity index (χ0) is 34.0. The highest BCUT2D eigenvalue weighted by Gasteiger charge is 2.35. The molecular formula is C36H40ClN3O6S. The molecule has 0 bridgehead atoms. The van der Waals surface area contributed by atoms with Crippen LogP contribution in [-0.2, 0) is 32.6 Å². The molecule has 0 aliphatic heterocycles. The van der Waals surface area contributed by atoms with E-state index in [2.05, 4.69) is 5.32 Å². The maximum Gasteiger partial charge on any atom is 0.264 e. The van der Waals surface area contributed by atoms with Gasteiger partial charge in [-0.2, -0.15) is 0 Å². The number of nitrogens with zero attached hydrogens (tertiary/aromatic N) is 2. The van der Waals surface area contributed by atoms with Gasteiger partial charge in [-0.15, -0.1) is 0 Å². The molecule has 4 rings (SSSR count). The number of methoxy groups -OCH3 is 2. The molecule has 11 heteroatoms. The number of ether oxygens (including phenoxy) is 2. The summed E-state index contributed by atoms with van der Waals surface area (Å²) in [5.74, 6) is -0.264. The molecule has 0 saturated heterocycles. The van der Waals surface area contributed by atoms with Crippen LogP contribution in [0.2, 0.25) is 5.02 Å². The number of rotatable bonds is 15. The summed E-state index contributed by atoms with van der Waals surface area (Å²) in [5, 5.41) is 3.35. The van der Waals surface area contributed by atoms with Gasteiger partial charge in [0.2, 0.25) is 11.8 Å². The number of hydrogen-bond donors (Lipinski definition) is 1. The lowest BCUT2D eigenvalue weighted by Gasteiger charge is -2.34. The number of benzene rings is 4. The van der Waals surface area contributed by atoms with Gasteiger partial charge in [-0.25, -0.2) is 8.42 Å². The van der Waals surface area contributed by atoms with Crippen molar-refractivity contribution in [3.05, 3.63) is 119 Å². The fraction of sp³-hybridized carbons (Fsp3) is 0.278. The van der Waals surface area contributed by atoms with E-state index < -0.39 is 28.5 Å². The normalized spacial score (nSPS) is 11.8. The molecule has 9 nitrogen and oxygen atoms in total. The average molecular weight is 678 g/mol. The number of carbonyl (C=O) groups excluding carboxylic acids is 2. The van der Waals surface area contributed by atoms with Gasteiger partial charge in [0, 0.05) is 30.6 Å². The Morgan fingerprint density at radius 1 is 0.872 bits per heavy atom. The number of anilines is 1. The van der Waals surface area contributed by atoms with E-state index >= 15 is 0 Å². The van der Waals surface area contributed by atoms with Gasteiger partial charge >= 0.3 is 0 Å². The van der Waals surface area contributed by atoms with Crippen LogP contribution in [0.5, 0.6) is 11.5 Å². The molecule has 0 radical (unpaired) electrons. The van der Waals surface area contributed by atoms with Gasteiger partial charge in [-0.3, -0.25) is 13.9 Å². The Balaban J connectivity index is 1.84. The number of amides is 2. The molecule has 2 amide bonds. The zero-order valence-electron chi connectivity index (χ0n) is 27.0. The summed E-state index contributed by atoms with van der Waals surface area (Å²) in [4.78, 5) is 29.8. The van der Waals surface area contributed by atoms with Crippen molar-refractivity contribution in [3.63, 3.8) is 0 Å². The van der Waals surface area contributed by atoms with E-state index in [1.54, 1.807) is 48.5 Å². The van der Waals surface area contributed by atoms with Crippen molar-refractivity contribution in [2.75, 3.05) is 31.6 Å². The van der Waals surface area contributed by atoms with Crippen molar-refractivity contribution < 1.29 is 27.5 Å². The van der Waals surface area contributed by atoms with Crippen molar-refractivity contribution in [2.24, 2.45) is 0 Å². The summed E-state index contributed by atoms with van der Waals surface area (Å²) in [6.07, 6.45) is 0.901. The summed E-state index contributed by atoms with van der Waals surface area (Å²) in [6, 6.07) is 26.5. The first-order valence-electron chi connectivity index (χ1n) is 15.2. The van der Waals surface area contributed by atoms with Crippen LogP contribution in [0.4, 0.5) is 5.69 Å². The highest BCUT2D eigenvalue weighted by molar-refractivity contribution is 7.92. The molecule has 0 spiro atoms. The largest absolute Gasteiger partial charge is 0.493 e. The maximum absolute atomic E-state index is 14.6. The first kappa shape index (κ1) is 35.3. The predicted molar refractivity (Wildman–Crippen MR) is 184 cm³/mol. The quantitative estimate of drug-likeness (QED) is 0.165. The molecule has 0 unspecified atom stereocenters. The lowest BCUT2D eigenvalue weighted by molar-refractivity contribution is -0.140. The maximum atomic E-state index is 14.6. The number of sulfonamides is 1. The van der Waals surface area contributed by atoms with Crippen LogP contribution in [0.1, 0.15) is 30.0 Å². The van der Waals surface area contributed by atoms with Gasteiger partial charge < -0.3 is 19.7 Å². The minimum atomic E-state index is -4.28. The zero-order valence-corrected chi connectivity index (χ0v) is 28.6. The minimum absolute atomic E-state index is 0.00450. The van der Waals surface area contributed by atoms with Crippen LogP contribution < -0.4 is 19.1 Å². The SMILES string of the molecule is CCCNC(=O)[C@H](Cc1ccccc1)N(Cc1ccccc1Cl)C(=O)CN(c1ccc(OC)c(OC)c1)S(=O)(=O)c1ccc(C)cc1. The highest BCUT2D eigenvalue weighted by atomic mass is 35.5. The van der Waals surface area contributed by atoms with E-state index in [0.717, 1.165) is 15.4 Å². The van der Waals surface area contributed by atoms with Crippen molar-refractivity contribution in [3.8, 4) is 11.5 Å². The first-order valence-corrected chi connectivity index (χ1v) is 17.1. The summed E-state index contributed by atoms with van der Waals surface area (Å²) in [6.45, 7) is 3.57. The number of hydrogen-bond acceptors (Lipinski definition) is 6. The molecule has 1 N–H and O–H groups in total. The van der Waals surface area contributed by atoms with E-state index in [1.807, 2.05) is 44.2 Å². The molecule has 0 heterocycles. The number of halogens is 1. The van der Waals surface area contributed by atoms with Crippen LogP contribution in [0.15, 0.2) is 102 Å². The Morgan fingerprint density at radius 3 is 2.17 bits per heavy atom. The van der Waals surface area contributed by atoms with E-state index in [9.17, 15) is 18.0 Å². The standard InChI is InChI=1S/C36H40ClN3O6S/c1-5-21-38-36(42)32(22-27-11-7-6-8-12-27)39(24-28-13-9-10-14-31(28)37)35(41)25-40(29-17-20-33(45-3)34(23-29)46-4)47(43,44)30-18-15-26(2)16-19-30/h6-20,23,32H,5,21-22,24-25H2,1-4H3,(H,38,42)/t32-/m0/s1. The van der Waals surface area contributed by atoms with Crippen LogP contribution >= 0.6 is 11.6 Å². The molecule has 0 saturated carbocycles. The van der Waals surface area contributed by atoms with E-state index in [1.165, 1.54) is 37.3 Å². The molecule has 47 heavy (non-hydrogen) atoms. The Hall–Kier alpha value is -4.54. The Kier molecular flexibility index (Phi) is 12.3. The topological polar surface area (TPSA) is 105 Å². The second kappa shape index (κ2) is 16.3. The summed E-state index contributed by atoms with van der Waals surface area (Å²) >= 11 is 6.56. The second-order valence-corrected chi connectivity index (χ2v) is 13.2. The smallest absolute Gasteiger partial charge is 0.264 e. The third-order valence-corrected chi connectivity index (χ3v) is 9.82. The predicted octanol–water partition coefficient (Wildman–Crippen LogP) is 6.03. The summed E-state index contributed by atoms with van der Waals surface area (Å²) in [5.41, 5.74) is 2.52. The van der Waals surface area contributed by atoms with Crippen molar-refractivity contribution in [2.45, 2.75) is 44.2 Å². The molecule has 0 fully saturated rings. The summed E-state index contributed by atoms with van der Waals surface area (Å²) in [7, 11) is -1.36. The lowest BCUT2D eigenvalue weighted by Crippen LogP contribution is -2.53. The van der Waals surface area contributed by atoms with E-state index in [0.29, 0.717) is 29.3 Å². The average Bonchev–Trinajstić information content (AvgIpc) is 3.08. The number of carbonyl (C=O) groups is 2. The van der Waals surface area contributed by atoms with Gasteiger partial charge in [0.15, 0.2) is 11.5 Å². The first-order chi connectivity index (χ1) is 22.6. The fourth-order valence-corrected chi connectivity index (χ4v) is 6.68. The van der Waals surface area contributed by atoms with Crippen LogP contribution in [0, 0.1) is 6.92 Å². The van der Waals surface area contributed by atoms with Gasteiger partial charge in [0.25, 0.3) is 10.0 Å². The Labute approximate surface area is 282 Å². The van der Waals surface area contributed by atoms with Crippen LogP contribution in [-0.4, -0.2) is 58.5 Å². The monoisotopic (exact) mass is 677 g/mol. The number of aryl methyl sites for hydroxylation is 1. The molecule has 4 aromatic carbocycles. The molecule has 248 valence electrons. The third-order valence-electron chi connectivity index (χ3n) is 7.66. The Bertz CT molecular complexity index is 1770. The van der Waals surface area contributed by atoms with Crippen molar-refractivity contribution in [1.82, 2.24) is 10.2 Å². The van der Waals surface area contributed by atoms with E-state index in [-0.39, 0.29) is 35.2 Å². The van der Waals surface area contributed by atoms with Crippen molar-refractivity contribution in [1.29, 1.82) is 0 Å². The molecular weight excluding hydrogens is 638 g/mol. The van der Waals surface area contributed by atoms with Crippen LogP contribution in [0.25, 0.3) is 0 Å². The van der Waals surface area contributed by atoms with Gasteiger partial charge in [0.05, 0.1) is 24.8 Å². The second-order valence-electron chi connectivity index (χ2n) is 11.0.